The molecule has 0 saturated heterocycles. The molecule has 0 radical (unpaired) electrons. The minimum absolute atomic E-state index is 0.243. The van der Waals surface area contributed by atoms with Crippen molar-refractivity contribution in [3.63, 3.8) is 0 Å². The molecule has 0 aliphatic heterocycles. The molecule has 0 spiro atoms. The molecule has 1 unspecified atom stereocenters. The standard InChI is InChI=1S/C12H14BrFN6O/c1-7-10(11(14)19(3)18-7)5-15-17-12(21)8(2)20-6-9(13)4-16-20/h4-6,8H,1-3H3,(H,17,21)/b15-5+. The third kappa shape index (κ3) is 3.35. The highest BCUT2D eigenvalue weighted by molar-refractivity contribution is 9.10. The number of amides is 1. The van der Waals surface area contributed by atoms with Gasteiger partial charge < -0.3 is 0 Å². The first kappa shape index (κ1) is 15.4. The third-order valence-corrected chi connectivity index (χ3v) is 3.32. The van der Waals surface area contributed by atoms with E-state index in [2.05, 4.69) is 36.7 Å². The number of nitrogens with one attached hydrogen (secondary N) is 1. The smallest absolute Gasteiger partial charge is 0.264 e. The van der Waals surface area contributed by atoms with Crippen LogP contribution >= 0.6 is 15.9 Å². The summed E-state index contributed by atoms with van der Waals surface area (Å²) in [5.41, 5.74) is 3.09. The summed E-state index contributed by atoms with van der Waals surface area (Å²) in [6.07, 6.45) is 4.50. The lowest BCUT2D eigenvalue weighted by Crippen LogP contribution is -2.27. The molecule has 7 nitrogen and oxygen atoms in total. The lowest BCUT2D eigenvalue weighted by atomic mass is 10.3. The summed E-state index contributed by atoms with van der Waals surface area (Å²) < 4.78 is 17.0. The van der Waals surface area contributed by atoms with Crippen LogP contribution in [0.15, 0.2) is 22.0 Å². The second-order valence-electron chi connectivity index (χ2n) is 4.46. The number of carbonyl (C=O) groups excluding carboxylic acids is 1. The van der Waals surface area contributed by atoms with Crippen LogP contribution in [0.5, 0.6) is 0 Å². The maximum atomic E-state index is 13.7. The molecule has 1 N–H and O–H groups in total. The van der Waals surface area contributed by atoms with Crippen LogP contribution in [-0.2, 0) is 11.8 Å². The van der Waals surface area contributed by atoms with Gasteiger partial charge in [-0.05, 0) is 29.8 Å². The van der Waals surface area contributed by atoms with E-state index in [1.807, 2.05) is 0 Å². The zero-order valence-electron chi connectivity index (χ0n) is 11.7. The van der Waals surface area contributed by atoms with Crippen molar-refractivity contribution in [3.05, 3.63) is 34.1 Å². The monoisotopic (exact) mass is 356 g/mol. The molecule has 0 aliphatic rings. The molecule has 2 aromatic rings. The van der Waals surface area contributed by atoms with E-state index in [1.54, 1.807) is 26.2 Å². The van der Waals surface area contributed by atoms with Crippen LogP contribution in [0.2, 0.25) is 0 Å². The maximum absolute atomic E-state index is 13.7. The fourth-order valence-corrected chi connectivity index (χ4v) is 2.00. The molecule has 112 valence electrons. The van der Waals surface area contributed by atoms with E-state index >= 15 is 0 Å². The van der Waals surface area contributed by atoms with E-state index in [0.29, 0.717) is 5.69 Å². The van der Waals surface area contributed by atoms with Crippen LogP contribution in [0, 0.1) is 12.9 Å². The van der Waals surface area contributed by atoms with Gasteiger partial charge >= 0.3 is 0 Å². The summed E-state index contributed by atoms with van der Waals surface area (Å²) in [5.74, 6) is -0.863. The quantitative estimate of drug-likeness (QED) is 0.666. The van der Waals surface area contributed by atoms with Gasteiger partial charge in [-0.3, -0.25) is 9.48 Å². The average molecular weight is 357 g/mol. The average Bonchev–Trinajstić information content (AvgIpc) is 2.96. The van der Waals surface area contributed by atoms with Crippen LogP contribution in [0.1, 0.15) is 24.2 Å². The largest absolute Gasteiger partial charge is 0.271 e. The van der Waals surface area contributed by atoms with E-state index in [4.69, 9.17) is 0 Å². The number of aryl methyl sites for hydroxylation is 2. The number of hydrazone groups is 1. The highest BCUT2D eigenvalue weighted by Gasteiger charge is 2.15. The van der Waals surface area contributed by atoms with Crippen molar-refractivity contribution in [1.29, 1.82) is 0 Å². The zero-order valence-corrected chi connectivity index (χ0v) is 13.3. The molecule has 1 amide bonds. The molecule has 2 aromatic heterocycles. The van der Waals surface area contributed by atoms with Gasteiger partial charge in [-0.2, -0.15) is 19.7 Å². The summed E-state index contributed by atoms with van der Waals surface area (Å²) >= 11 is 3.26. The lowest BCUT2D eigenvalue weighted by Gasteiger charge is -2.09. The highest BCUT2D eigenvalue weighted by atomic mass is 79.9. The van der Waals surface area contributed by atoms with Crippen molar-refractivity contribution in [2.75, 3.05) is 0 Å². The van der Waals surface area contributed by atoms with Crippen molar-refractivity contribution < 1.29 is 9.18 Å². The Labute approximate surface area is 129 Å². The van der Waals surface area contributed by atoms with Gasteiger partial charge in [0.25, 0.3) is 5.91 Å². The fraction of sp³-hybridized carbons (Fsp3) is 0.333. The van der Waals surface area contributed by atoms with Crippen molar-refractivity contribution >= 4 is 28.1 Å². The summed E-state index contributed by atoms with van der Waals surface area (Å²) in [5, 5.41) is 11.7. The van der Waals surface area contributed by atoms with Crippen molar-refractivity contribution in [2.45, 2.75) is 19.9 Å². The van der Waals surface area contributed by atoms with Gasteiger partial charge in [-0.1, -0.05) is 0 Å². The Morgan fingerprint density at radius 3 is 2.86 bits per heavy atom. The molecule has 0 bridgehead atoms. The number of nitrogens with zero attached hydrogens (tertiary/aromatic N) is 5. The second-order valence-corrected chi connectivity index (χ2v) is 5.38. The maximum Gasteiger partial charge on any atom is 0.264 e. The Morgan fingerprint density at radius 1 is 1.62 bits per heavy atom. The van der Waals surface area contributed by atoms with Crippen LogP contribution in [-0.4, -0.2) is 31.7 Å². The molecule has 2 rings (SSSR count). The van der Waals surface area contributed by atoms with Crippen LogP contribution in [0.4, 0.5) is 4.39 Å². The van der Waals surface area contributed by atoms with Crippen molar-refractivity contribution in [2.24, 2.45) is 12.1 Å². The molecule has 0 fully saturated rings. The highest BCUT2D eigenvalue weighted by Crippen LogP contribution is 2.11. The Hall–Kier alpha value is -2.03. The summed E-state index contributed by atoms with van der Waals surface area (Å²) in [4.78, 5) is 11.9. The van der Waals surface area contributed by atoms with Crippen LogP contribution in [0.3, 0.4) is 0 Å². The van der Waals surface area contributed by atoms with Gasteiger partial charge in [0.1, 0.15) is 6.04 Å². The van der Waals surface area contributed by atoms with Crippen LogP contribution in [0.25, 0.3) is 0 Å². The minimum Gasteiger partial charge on any atom is -0.271 e. The van der Waals surface area contributed by atoms with E-state index < -0.39 is 12.0 Å². The predicted molar refractivity (Wildman–Crippen MR) is 78.3 cm³/mol. The Balaban J connectivity index is 2.02. The van der Waals surface area contributed by atoms with E-state index in [9.17, 15) is 9.18 Å². The number of halogens is 2. The molecule has 0 saturated carbocycles. The van der Waals surface area contributed by atoms with Crippen molar-refractivity contribution in [3.8, 4) is 0 Å². The summed E-state index contributed by atoms with van der Waals surface area (Å²) in [6.45, 7) is 3.34. The molecular weight excluding hydrogens is 343 g/mol. The van der Waals surface area contributed by atoms with Gasteiger partial charge in [0, 0.05) is 13.2 Å². The molecule has 21 heavy (non-hydrogen) atoms. The lowest BCUT2D eigenvalue weighted by molar-refractivity contribution is -0.124. The topological polar surface area (TPSA) is 77.1 Å². The molecule has 0 aromatic carbocycles. The van der Waals surface area contributed by atoms with Crippen LogP contribution < -0.4 is 5.43 Å². The number of aromatic nitrogens is 4. The third-order valence-electron chi connectivity index (χ3n) is 2.91. The summed E-state index contributed by atoms with van der Waals surface area (Å²) in [6, 6.07) is -0.534. The first-order valence-electron chi connectivity index (χ1n) is 6.11. The predicted octanol–water partition coefficient (Wildman–Crippen LogP) is 1.54. The van der Waals surface area contributed by atoms with Gasteiger partial charge in [-0.25, -0.2) is 10.1 Å². The van der Waals surface area contributed by atoms with Gasteiger partial charge in [0.05, 0.1) is 28.1 Å². The minimum atomic E-state index is -0.534. The van der Waals surface area contributed by atoms with Gasteiger partial charge in [0.15, 0.2) is 0 Å². The first-order chi connectivity index (χ1) is 9.90. The fourth-order valence-electron chi connectivity index (χ4n) is 1.69. The summed E-state index contributed by atoms with van der Waals surface area (Å²) in [7, 11) is 1.50. The second kappa shape index (κ2) is 6.17. The van der Waals surface area contributed by atoms with E-state index in [1.165, 1.54) is 17.9 Å². The zero-order chi connectivity index (χ0) is 15.6. The molecule has 0 aliphatic carbocycles. The van der Waals surface area contributed by atoms with E-state index in [-0.39, 0.29) is 11.5 Å². The van der Waals surface area contributed by atoms with Gasteiger partial charge in [0.2, 0.25) is 5.95 Å². The number of carbonyl (C=O) groups is 1. The van der Waals surface area contributed by atoms with Gasteiger partial charge in [-0.15, -0.1) is 0 Å². The van der Waals surface area contributed by atoms with E-state index in [0.717, 1.165) is 9.15 Å². The molecule has 9 heteroatoms. The Bertz CT molecular complexity index is 692. The Morgan fingerprint density at radius 2 is 2.33 bits per heavy atom. The SMILES string of the molecule is Cc1nn(C)c(F)c1/C=N/NC(=O)C(C)n1cc(Br)cn1. The van der Waals surface area contributed by atoms with Crippen molar-refractivity contribution in [1.82, 2.24) is 25.0 Å². The molecular formula is C12H14BrFN6O. The number of rotatable bonds is 4. The number of hydrogen-bond donors (Lipinski definition) is 1. The molecule has 1 atom stereocenters. The first-order valence-corrected chi connectivity index (χ1v) is 6.91. The Kier molecular flexibility index (Phi) is 4.51. The molecule has 2 heterocycles. The number of hydrogen-bond acceptors (Lipinski definition) is 4. The normalized spacial score (nSPS) is 12.8.